The molecule has 0 fully saturated rings. The highest BCUT2D eigenvalue weighted by Crippen LogP contribution is 2.26. The Morgan fingerprint density at radius 2 is 2.15 bits per heavy atom. The van der Waals surface area contributed by atoms with Crippen molar-refractivity contribution in [2.45, 2.75) is 38.8 Å². The van der Waals surface area contributed by atoms with E-state index < -0.39 is 23.6 Å². The van der Waals surface area contributed by atoms with Crippen LogP contribution in [0.2, 0.25) is 5.02 Å². The summed E-state index contributed by atoms with van der Waals surface area (Å²) in [6, 6.07) is 3.13. The number of alkyl carbamates (subject to hydrolysis) is 1. The van der Waals surface area contributed by atoms with Crippen LogP contribution in [0, 0.1) is 5.82 Å². The second-order valence-corrected chi connectivity index (χ2v) is 5.67. The Morgan fingerprint density at radius 3 is 2.65 bits per heavy atom. The molecule has 0 aromatic heterocycles. The molecule has 0 bridgehead atoms. The average molecular weight is 302 g/mol. The summed E-state index contributed by atoms with van der Waals surface area (Å²) in [6.07, 6.45) is 0.0107. The molecule has 1 atom stereocenters. The molecule has 1 N–H and O–H groups in total. The number of benzene rings is 1. The molecular formula is C14H17ClFNO3. The third kappa shape index (κ3) is 5.17. The van der Waals surface area contributed by atoms with Gasteiger partial charge in [-0.2, -0.15) is 0 Å². The van der Waals surface area contributed by atoms with Gasteiger partial charge in [0.2, 0.25) is 0 Å². The molecule has 0 aliphatic carbocycles. The lowest BCUT2D eigenvalue weighted by molar-refractivity contribution is -0.108. The fraction of sp³-hybridized carbons (Fsp3) is 0.429. The Morgan fingerprint density at radius 1 is 1.50 bits per heavy atom. The van der Waals surface area contributed by atoms with Crippen LogP contribution >= 0.6 is 11.6 Å². The highest BCUT2D eigenvalue weighted by Gasteiger charge is 2.21. The lowest BCUT2D eigenvalue weighted by atomic mass is 10.0. The van der Waals surface area contributed by atoms with E-state index in [-0.39, 0.29) is 11.4 Å². The van der Waals surface area contributed by atoms with Crippen molar-refractivity contribution >= 4 is 24.0 Å². The van der Waals surface area contributed by atoms with Gasteiger partial charge in [-0.05, 0) is 38.5 Å². The number of hydrogen-bond acceptors (Lipinski definition) is 3. The van der Waals surface area contributed by atoms with E-state index in [4.69, 9.17) is 16.3 Å². The Kier molecular flexibility index (Phi) is 5.51. The van der Waals surface area contributed by atoms with E-state index in [1.807, 2.05) is 0 Å². The molecule has 110 valence electrons. The van der Waals surface area contributed by atoms with Crippen LogP contribution in [-0.4, -0.2) is 18.0 Å². The van der Waals surface area contributed by atoms with Gasteiger partial charge in [0.25, 0.3) is 0 Å². The Labute approximate surface area is 122 Å². The molecule has 0 radical (unpaired) electrons. The quantitative estimate of drug-likeness (QED) is 0.864. The summed E-state index contributed by atoms with van der Waals surface area (Å²) in [5, 5.41) is 2.70. The van der Waals surface area contributed by atoms with Gasteiger partial charge in [0.05, 0.1) is 6.04 Å². The molecule has 1 aromatic rings. The second kappa shape index (κ2) is 6.70. The van der Waals surface area contributed by atoms with Gasteiger partial charge in [-0.25, -0.2) is 9.18 Å². The monoisotopic (exact) mass is 301 g/mol. The fourth-order valence-corrected chi connectivity index (χ4v) is 1.89. The lowest BCUT2D eigenvalue weighted by Gasteiger charge is -2.23. The zero-order valence-electron chi connectivity index (χ0n) is 11.6. The topological polar surface area (TPSA) is 55.4 Å². The lowest BCUT2D eigenvalue weighted by Crippen LogP contribution is -2.35. The number of hydrogen-bond donors (Lipinski definition) is 1. The number of nitrogens with one attached hydrogen (secondary N) is 1. The molecule has 0 aliphatic rings. The number of amides is 1. The van der Waals surface area contributed by atoms with Crippen LogP contribution in [0.15, 0.2) is 18.2 Å². The first kappa shape index (κ1) is 16.4. The summed E-state index contributed by atoms with van der Waals surface area (Å²) in [7, 11) is 0. The van der Waals surface area contributed by atoms with E-state index in [0.29, 0.717) is 11.8 Å². The number of ether oxygens (including phenoxy) is 1. The summed E-state index contributed by atoms with van der Waals surface area (Å²) in [4.78, 5) is 22.5. The van der Waals surface area contributed by atoms with E-state index in [2.05, 4.69) is 5.32 Å². The SMILES string of the molecule is CC(C)(C)OC(=O)N[C@H](CC=O)c1ccc(F)cc1Cl. The summed E-state index contributed by atoms with van der Waals surface area (Å²) < 4.78 is 18.1. The molecule has 20 heavy (non-hydrogen) atoms. The number of carbonyl (C=O) groups is 2. The summed E-state index contributed by atoms with van der Waals surface area (Å²) in [5.41, 5.74) is -0.186. The van der Waals surface area contributed by atoms with Gasteiger partial charge in [0.15, 0.2) is 0 Å². The minimum atomic E-state index is -0.662. The van der Waals surface area contributed by atoms with Gasteiger partial charge in [-0.3, -0.25) is 0 Å². The van der Waals surface area contributed by atoms with Crippen molar-refractivity contribution in [1.82, 2.24) is 5.32 Å². The second-order valence-electron chi connectivity index (χ2n) is 5.27. The van der Waals surface area contributed by atoms with Gasteiger partial charge in [-0.15, -0.1) is 0 Å². The zero-order valence-corrected chi connectivity index (χ0v) is 12.3. The van der Waals surface area contributed by atoms with Crippen molar-refractivity contribution in [2.75, 3.05) is 0 Å². The largest absolute Gasteiger partial charge is 0.444 e. The van der Waals surface area contributed by atoms with E-state index in [0.717, 1.165) is 6.07 Å². The summed E-state index contributed by atoms with van der Waals surface area (Å²) >= 11 is 5.93. The highest BCUT2D eigenvalue weighted by molar-refractivity contribution is 6.31. The standard InChI is InChI=1S/C14H17ClFNO3/c1-14(2,3)20-13(19)17-12(6-7-18)10-5-4-9(16)8-11(10)15/h4-5,7-8,12H,6H2,1-3H3,(H,17,19)/t12-/m1/s1. The van der Waals surface area contributed by atoms with Crippen molar-refractivity contribution in [1.29, 1.82) is 0 Å². The maximum atomic E-state index is 13.0. The molecule has 1 rings (SSSR count). The molecule has 0 saturated carbocycles. The molecule has 4 nitrogen and oxygen atoms in total. The summed E-state index contributed by atoms with van der Waals surface area (Å²) in [5.74, 6) is -0.485. The maximum absolute atomic E-state index is 13.0. The molecular weight excluding hydrogens is 285 g/mol. The first-order valence-electron chi connectivity index (χ1n) is 6.11. The highest BCUT2D eigenvalue weighted by atomic mass is 35.5. The molecule has 0 heterocycles. The number of aldehydes is 1. The normalized spacial score (nSPS) is 12.7. The van der Waals surface area contributed by atoms with Crippen molar-refractivity contribution < 1.29 is 18.7 Å². The van der Waals surface area contributed by atoms with Crippen LogP contribution in [0.1, 0.15) is 38.8 Å². The van der Waals surface area contributed by atoms with Gasteiger partial charge in [0.1, 0.15) is 17.7 Å². The molecule has 1 amide bonds. The average Bonchev–Trinajstić information content (AvgIpc) is 2.25. The van der Waals surface area contributed by atoms with Gasteiger partial charge < -0.3 is 14.8 Å². The Balaban J connectivity index is 2.89. The van der Waals surface area contributed by atoms with Gasteiger partial charge >= 0.3 is 6.09 Å². The van der Waals surface area contributed by atoms with E-state index in [1.54, 1.807) is 20.8 Å². The van der Waals surface area contributed by atoms with Crippen molar-refractivity contribution in [3.05, 3.63) is 34.6 Å². The van der Waals surface area contributed by atoms with E-state index in [1.165, 1.54) is 12.1 Å². The van der Waals surface area contributed by atoms with E-state index in [9.17, 15) is 14.0 Å². The maximum Gasteiger partial charge on any atom is 0.408 e. The van der Waals surface area contributed by atoms with E-state index >= 15 is 0 Å². The van der Waals surface area contributed by atoms with Gasteiger partial charge in [-0.1, -0.05) is 17.7 Å². The molecule has 6 heteroatoms. The first-order chi connectivity index (χ1) is 9.23. The minimum absolute atomic E-state index is 0.0184. The minimum Gasteiger partial charge on any atom is -0.444 e. The van der Waals surface area contributed by atoms with Crippen LogP contribution < -0.4 is 5.32 Å². The third-order valence-electron chi connectivity index (χ3n) is 2.36. The van der Waals surface area contributed by atoms with Gasteiger partial charge in [0, 0.05) is 11.4 Å². The molecule has 0 unspecified atom stereocenters. The zero-order chi connectivity index (χ0) is 15.3. The van der Waals surface area contributed by atoms with Crippen molar-refractivity contribution in [2.24, 2.45) is 0 Å². The Bertz CT molecular complexity index is 500. The smallest absolute Gasteiger partial charge is 0.408 e. The Hall–Kier alpha value is -1.62. The predicted molar refractivity (Wildman–Crippen MR) is 74.2 cm³/mol. The predicted octanol–water partition coefficient (Wildman–Crippen LogP) is 3.63. The fourth-order valence-electron chi connectivity index (χ4n) is 1.59. The van der Waals surface area contributed by atoms with Crippen molar-refractivity contribution in [3.8, 4) is 0 Å². The molecule has 0 saturated heterocycles. The number of halogens is 2. The number of carbonyl (C=O) groups excluding carboxylic acids is 2. The molecule has 0 aliphatic heterocycles. The first-order valence-corrected chi connectivity index (χ1v) is 6.49. The van der Waals surface area contributed by atoms with Crippen LogP contribution in [0.25, 0.3) is 0 Å². The van der Waals surface area contributed by atoms with Crippen LogP contribution in [0.3, 0.4) is 0 Å². The van der Waals surface area contributed by atoms with Crippen LogP contribution in [-0.2, 0) is 9.53 Å². The van der Waals surface area contributed by atoms with Crippen LogP contribution in [0.4, 0.5) is 9.18 Å². The number of rotatable bonds is 4. The summed E-state index contributed by atoms with van der Waals surface area (Å²) in [6.45, 7) is 5.19. The molecule has 0 spiro atoms. The third-order valence-corrected chi connectivity index (χ3v) is 2.69. The molecule has 1 aromatic carbocycles. The van der Waals surface area contributed by atoms with Crippen LogP contribution in [0.5, 0.6) is 0 Å². The van der Waals surface area contributed by atoms with Crippen molar-refractivity contribution in [3.63, 3.8) is 0 Å².